The molecule has 0 unspecified atom stereocenters. The van der Waals surface area contributed by atoms with Crippen molar-refractivity contribution in [2.75, 3.05) is 7.11 Å². The van der Waals surface area contributed by atoms with E-state index >= 15 is 0 Å². The largest absolute Gasteiger partial charge is 0.497 e. The fourth-order valence-corrected chi connectivity index (χ4v) is 3.51. The van der Waals surface area contributed by atoms with Gasteiger partial charge in [0.15, 0.2) is 0 Å². The monoisotopic (exact) mass is 353 g/mol. The Kier molecular flexibility index (Phi) is 3.82. The molecule has 6 heteroatoms. The second-order valence-electron chi connectivity index (χ2n) is 5.37. The van der Waals surface area contributed by atoms with E-state index in [-0.39, 0.29) is 11.7 Å². The lowest BCUT2D eigenvalue weighted by Gasteiger charge is -2.03. The fraction of sp³-hybridized carbons (Fsp3) is 0.0526. The van der Waals surface area contributed by atoms with Gasteiger partial charge in [-0.05, 0) is 42.0 Å². The van der Waals surface area contributed by atoms with Gasteiger partial charge in [-0.1, -0.05) is 12.1 Å². The first kappa shape index (κ1) is 15.5. The lowest BCUT2D eigenvalue weighted by Crippen LogP contribution is -2.02. The van der Waals surface area contributed by atoms with Gasteiger partial charge >= 0.3 is 5.63 Å². The lowest BCUT2D eigenvalue weighted by atomic mass is 10.1. The van der Waals surface area contributed by atoms with Crippen molar-refractivity contribution < 1.29 is 13.5 Å². The minimum Gasteiger partial charge on any atom is -0.497 e. The fourth-order valence-electron chi connectivity index (χ4n) is 2.58. The summed E-state index contributed by atoms with van der Waals surface area (Å²) in [5, 5.41) is 2.33. The molecule has 0 atom stereocenters. The Hall–Kier alpha value is -2.99. The van der Waals surface area contributed by atoms with E-state index in [0.717, 1.165) is 16.9 Å². The van der Waals surface area contributed by atoms with Crippen LogP contribution in [-0.2, 0) is 0 Å². The highest BCUT2D eigenvalue weighted by Crippen LogP contribution is 2.33. The Morgan fingerprint density at radius 3 is 2.40 bits per heavy atom. The van der Waals surface area contributed by atoms with Crippen LogP contribution in [0.1, 0.15) is 0 Å². The van der Waals surface area contributed by atoms with Crippen molar-refractivity contribution in [3.05, 3.63) is 70.1 Å². The maximum Gasteiger partial charge on any atom is 0.348 e. The van der Waals surface area contributed by atoms with Crippen LogP contribution >= 0.6 is 11.3 Å². The van der Waals surface area contributed by atoms with Crippen molar-refractivity contribution in [3.63, 3.8) is 0 Å². The third kappa shape index (κ3) is 2.81. The Bertz CT molecular complexity index is 1100. The standard InChI is InChI=1S/C19H12FNO3S/c1-23-14-8-4-11(5-9-14)15-10-25-18-16(15)19(22)24-17(21-18)12-2-6-13(20)7-3-12/h2-10H,1H3. The minimum atomic E-state index is -0.462. The molecule has 4 rings (SSSR count). The van der Waals surface area contributed by atoms with Crippen LogP contribution in [0.3, 0.4) is 0 Å². The van der Waals surface area contributed by atoms with E-state index in [1.54, 1.807) is 7.11 Å². The molecule has 25 heavy (non-hydrogen) atoms. The summed E-state index contributed by atoms with van der Waals surface area (Å²) in [5.74, 6) is 0.567. The summed E-state index contributed by atoms with van der Waals surface area (Å²) in [6, 6.07) is 13.1. The van der Waals surface area contributed by atoms with Gasteiger partial charge in [-0.15, -0.1) is 11.3 Å². The Balaban J connectivity index is 1.84. The summed E-state index contributed by atoms with van der Waals surface area (Å²) in [7, 11) is 1.60. The number of thiophene rings is 1. The van der Waals surface area contributed by atoms with Crippen LogP contribution in [0.5, 0.6) is 5.75 Å². The molecular weight excluding hydrogens is 341 g/mol. The molecule has 0 aliphatic heterocycles. The van der Waals surface area contributed by atoms with Gasteiger partial charge in [-0.2, -0.15) is 0 Å². The van der Waals surface area contributed by atoms with Crippen molar-refractivity contribution in [1.29, 1.82) is 0 Å². The molecule has 0 spiro atoms. The molecule has 0 radical (unpaired) electrons. The minimum absolute atomic E-state index is 0.181. The number of rotatable bonds is 3. The van der Waals surface area contributed by atoms with Gasteiger partial charge in [-0.3, -0.25) is 0 Å². The lowest BCUT2D eigenvalue weighted by molar-refractivity contribution is 0.415. The molecule has 4 aromatic rings. The molecule has 0 fully saturated rings. The van der Waals surface area contributed by atoms with Crippen molar-refractivity contribution in [1.82, 2.24) is 4.98 Å². The molecule has 0 saturated heterocycles. The number of hydrogen-bond acceptors (Lipinski definition) is 5. The maximum atomic E-state index is 13.1. The van der Waals surface area contributed by atoms with Crippen molar-refractivity contribution in [3.8, 4) is 28.3 Å². The molecule has 0 N–H and O–H groups in total. The molecule has 124 valence electrons. The quantitative estimate of drug-likeness (QED) is 0.534. The number of halogens is 1. The SMILES string of the molecule is COc1ccc(-c2csc3nc(-c4ccc(F)cc4)oc(=O)c23)cc1. The smallest absolute Gasteiger partial charge is 0.348 e. The topological polar surface area (TPSA) is 52.3 Å². The number of hydrogen-bond donors (Lipinski definition) is 0. The van der Waals surface area contributed by atoms with Crippen LogP contribution in [0.15, 0.2) is 63.1 Å². The zero-order valence-electron chi connectivity index (χ0n) is 13.2. The van der Waals surface area contributed by atoms with E-state index in [4.69, 9.17) is 9.15 Å². The molecule has 0 aliphatic carbocycles. The molecule has 0 bridgehead atoms. The van der Waals surface area contributed by atoms with E-state index in [1.807, 2.05) is 29.6 Å². The summed E-state index contributed by atoms with van der Waals surface area (Å²) in [5.41, 5.74) is 1.75. The summed E-state index contributed by atoms with van der Waals surface area (Å²) in [6.07, 6.45) is 0. The average Bonchev–Trinajstić information content (AvgIpc) is 3.07. The van der Waals surface area contributed by atoms with Crippen LogP contribution < -0.4 is 10.4 Å². The van der Waals surface area contributed by atoms with E-state index in [0.29, 0.717) is 15.8 Å². The molecule has 0 saturated carbocycles. The Labute approximate surface area is 146 Å². The van der Waals surface area contributed by atoms with Gasteiger partial charge < -0.3 is 9.15 Å². The van der Waals surface area contributed by atoms with Gasteiger partial charge in [0.2, 0.25) is 5.89 Å². The average molecular weight is 353 g/mol. The summed E-state index contributed by atoms with van der Waals surface area (Å²) in [6.45, 7) is 0. The second kappa shape index (κ2) is 6.14. The zero-order chi connectivity index (χ0) is 17.4. The Morgan fingerprint density at radius 1 is 1.04 bits per heavy atom. The first-order valence-electron chi connectivity index (χ1n) is 7.48. The first-order valence-corrected chi connectivity index (χ1v) is 8.36. The van der Waals surface area contributed by atoms with Crippen LogP contribution in [0.4, 0.5) is 4.39 Å². The van der Waals surface area contributed by atoms with Gasteiger partial charge in [0.25, 0.3) is 0 Å². The highest BCUT2D eigenvalue weighted by atomic mass is 32.1. The third-order valence-electron chi connectivity index (χ3n) is 3.86. The molecule has 0 amide bonds. The van der Waals surface area contributed by atoms with Crippen molar-refractivity contribution >= 4 is 21.6 Å². The second-order valence-corrected chi connectivity index (χ2v) is 6.23. The van der Waals surface area contributed by atoms with Gasteiger partial charge in [0.1, 0.15) is 21.8 Å². The molecule has 2 aromatic carbocycles. The molecule has 4 nitrogen and oxygen atoms in total. The molecular formula is C19H12FNO3S. The number of methoxy groups -OCH3 is 1. The van der Waals surface area contributed by atoms with Crippen LogP contribution in [0, 0.1) is 5.82 Å². The summed E-state index contributed by atoms with van der Waals surface area (Å²) >= 11 is 1.37. The summed E-state index contributed by atoms with van der Waals surface area (Å²) in [4.78, 5) is 17.5. The molecule has 0 aliphatic rings. The number of aromatic nitrogens is 1. The Morgan fingerprint density at radius 2 is 1.72 bits per heavy atom. The predicted octanol–water partition coefficient (Wildman–Crippen LogP) is 4.73. The zero-order valence-corrected chi connectivity index (χ0v) is 14.0. The normalized spacial score (nSPS) is 11.0. The highest BCUT2D eigenvalue weighted by molar-refractivity contribution is 7.17. The number of ether oxygens (including phenoxy) is 1. The number of nitrogens with zero attached hydrogens (tertiary/aromatic N) is 1. The number of benzene rings is 2. The summed E-state index contributed by atoms with van der Waals surface area (Å²) < 4.78 is 23.6. The van der Waals surface area contributed by atoms with Gasteiger partial charge in [0, 0.05) is 16.5 Å². The third-order valence-corrected chi connectivity index (χ3v) is 4.73. The van der Waals surface area contributed by atoms with Crippen molar-refractivity contribution in [2.24, 2.45) is 0 Å². The van der Waals surface area contributed by atoms with E-state index in [1.165, 1.54) is 35.6 Å². The van der Waals surface area contributed by atoms with Crippen LogP contribution in [0.2, 0.25) is 0 Å². The van der Waals surface area contributed by atoms with Crippen molar-refractivity contribution in [2.45, 2.75) is 0 Å². The van der Waals surface area contributed by atoms with E-state index in [9.17, 15) is 9.18 Å². The first-order chi connectivity index (χ1) is 12.2. The van der Waals surface area contributed by atoms with E-state index in [2.05, 4.69) is 4.98 Å². The van der Waals surface area contributed by atoms with Gasteiger partial charge in [-0.25, -0.2) is 14.2 Å². The molecule has 2 aromatic heterocycles. The maximum absolute atomic E-state index is 13.1. The van der Waals surface area contributed by atoms with E-state index < -0.39 is 5.63 Å². The number of fused-ring (bicyclic) bond motifs is 1. The predicted molar refractivity (Wildman–Crippen MR) is 95.5 cm³/mol. The van der Waals surface area contributed by atoms with Crippen LogP contribution in [-0.4, -0.2) is 12.1 Å². The van der Waals surface area contributed by atoms with Crippen LogP contribution in [0.25, 0.3) is 32.8 Å². The van der Waals surface area contributed by atoms with Gasteiger partial charge in [0.05, 0.1) is 7.11 Å². The molecule has 2 heterocycles. The highest BCUT2D eigenvalue weighted by Gasteiger charge is 2.15.